The fourth-order valence-corrected chi connectivity index (χ4v) is 3.28. The largest absolute Gasteiger partial charge is 0.396 e. The van der Waals surface area contributed by atoms with Crippen LogP contribution >= 0.6 is 35.3 Å². The maximum absolute atomic E-state index is 9.20. The van der Waals surface area contributed by atoms with Crippen LogP contribution in [0.1, 0.15) is 43.4 Å². The lowest BCUT2D eigenvalue weighted by Crippen LogP contribution is -2.40. The lowest BCUT2D eigenvalue weighted by Gasteiger charge is -2.20. The summed E-state index contributed by atoms with van der Waals surface area (Å²) in [5, 5.41) is 15.9. The number of aryl methyl sites for hydroxylation is 1. The van der Waals surface area contributed by atoms with Crippen LogP contribution in [0, 0.1) is 18.8 Å². The molecule has 0 aliphatic rings. The highest BCUT2D eigenvalue weighted by atomic mass is 127. The van der Waals surface area contributed by atoms with Gasteiger partial charge in [-0.25, -0.2) is 4.99 Å². The summed E-state index contributed by atoms with van der Waals surface area (Å²) >= 11 is 1.79. The summed E-state index contributed by atoms with van der Waals surface area (Å²) < 4.78 is 0. The van der Waals surface area contributed by atoms with Gasteiger partial charge in [0, 0.05) is 29.5 Å². The molecule has 0 amide bonds. The lowest BCUT2D eigenvalue weighted by molar-refractivity contribution is 0.243. The molecule has 0 fully saturated rings. The zero-order valence-electron chi connectivity index (χ0n) is 14.8. The Balaban J connectivity index is 0.00000484. The molecule has 134 valence electrons. The van der Waals surface area contributed by atoms with Gasteiger partial charge >= 0.3 is 0 Å². The van der Waals surface area contributed by atoms with Gasteiger partial charge in [0.2, 0.25) is 0 Å². The molecule has 4 nitrogen and oxygen atoms in total. The molecule has 0 saturated carbocycles. The summed E-state index contributed by atoms with van der Waals surface area (Å²) in [5.74, 6) is 1.99. The monoisotopic (exact) mass is 453 g/mol. The molecule has 3 N–H and O–H groups in total. The Morgan fingerprint density at radius 3 is 2.57 bits per heavy atom. The maximum Gasteiger partial charge on any atom is 0.191 e. The van der Waals surface area contributed by atoms with Gasteiger partial charge in [-0.2, -0.15) is 0 Å². The van der Waals surface area contributed by atoms with Crippen molar-refractivity contribution in [1.82, 2.24) is 10.6 Å². The third-order valence-corrected chi connectivity index (χ3v) is 4.42. The Hall–Kier alpha value is -0.340. The Kier molecular flexibility index (Phi) is 12.8. The highest BCUT2D eigenvalue weighted by Gasteiger charge is 2.11. The first kappa shape index (κ1) is 22.7. The van der Waals surface area contributed by atoms with Crippen LogP contribution in [0.2, 0.25) is 0 Å². The van der Waals surface area contributed by atoms with Gasteiger partial charge in [-0.15, -0.1) is 35.3 Å². The van der Waals surface area contributed by atoms with Gasteiger partial charge in [0.1, 0.15) is 0 Å². The Bertz CT molecular complexity index is 449. The van der Waals surface area contributed by atoms with Crippen LogP contribution in [-0.4, -0.2) is 30.8 Å². The number of aliphatic hydroxyl groups excluding tert-OH is 1. The summed E-state index contributed by atoms with van der Waals surface area (Å²) in [6.07, 6.45) is 1.96. The number of aliphatic hydroxyl groups is 1. The molecule has 1 atom stereocenters. The molecule has 0 aliphatic heterocycles. The molecule has 0 aromatic carbocycles. The standard InChI is InChI=1S/C17H31N3OS.HI/c1-5-18-17(20-12-16-7-6-14(4)22-16)19-11-15(8-9-21)10-13(2)3;/h6-7,13,15,21H,5,8-12H2,1-4H3,(H2,18,19,20);1H. The summed E-state index contributed by atoms with van der Waals surface area (Å²) in [5.41, 5.74) is 0. The minimum absolute atomic E-state index is 0. The summed E-state index contributed by atoms with van der Waals surface area (Å²) in [4.78, 5) is 7.25. The molecule has 1 heterocycles. The number of guanidine groups is 1. The number of hydrogen-bond acceptors (Lipinski definition) is 3. The molecular weight excluding hydrogens is 421 g/mol. The van der Waals surface area contributed by atoms with Crippen LogP contribution in [0.5, 0.6) is 0 Å². The van der Waals surface area contributed by atoms with Crippen molar-refractivity contribution in [3.05, 3.63) is 21.9 Å². The maximum atomic E-state index is 9.20. The predicted octanol–water partition coefficient (Wildman–Crippen LogP) is 3.77. The van der Waals surface area contributed by atoms with Crippen molar-refractivity contribution in [2.24, 2.45) is 16.8 Å². The van der Waals surface area contributed by atoms with E-state index in [1.165, 1.54) is 9.75 Å². The quantitative estimate of drug-likeness (QED) is 0.303. The van der Waals surface area contributed by atoms with Crippen LogP contribution in [-0.2, 0) is 6.54 Å². The van der Waals surface area contributed by atoms with Crippen molar-refractivity contribution in [3.63, 3.8) is 0 Å². The molecule has 1 unspecified atom stereocenters. The molecular formula is C17H32IN3OS. The van der Waals surface area contributed by atoms with E-state index in [-0.39, 0.29) is 30.6 Å². The number of nitrogens with one attached hydrogen (secondary N) is 2. The molecule has 1 aromatic rings. The van der Waals surface area contributed by atoms with Crippen molar-refractivity contribution in [3.8, 4) is 0 Å². The van der Waals surface area contributed by atoms with E-state index in [0.29, 0.717) is 18.4 Å². The van der Waals surface area contributed by atoms with Crippen molar-refractivity contribution in [2.45, 2.75) is 47.1 Å². The fraction of sp³-hybridized carbons (Fsp3) is 0.706. The van der Waals surface area contributed by atoms with Gasteiger partial charge in [-0.3, -0.25) is 0 Å². The van der Waals surface area contributed by atoms with E-state index in [0.717, 1.165) is 31.9 Å². The summed E-state index contributed by atoms with van der Waals surface area (Å²) in [6.45, 7) is 11.3. The van der Waals surface area contributed by atoms with Crippen molar-refractivity contribution in [1.29, 1.82) is 0 Å². The topological polar surface area (TPSA) is 56.7 Å². The first-order valence-electron chi connectivity index (χ1n) is 8.23. The fourth-order valence-electron chi connectivity index (χ4n) is 2.46. The van der Waals surface area contributed by atoms with Crippen molar-refractivity contribution in [2.75, 3.05) is 19.7 Å². The van der Waals surface area contributed by atoms with E-state index >= 15 is 0 Å². The number of nitrogens with zero attached hydrogens (tertiary/aromatic N) is 1. The van der Waals surface area contributed by atoms with E-state index < -0.39 is 0 Å². The lowest BCUT2D eigenvalue weighted by atomic mass is 9.94. The SMILES string of the molecule is CCNC(=NCc1ccc(C)s1)NCC(CCO)CC(C)C.I. The van der Waals surface area contributed by atoms with E-state index in [2.05, 4.69) is 55.5 Å². The highest BCUT2D eigenvalue weighted by molar-refractivity contribution is 14.0. The smallest absolute Gasteiger partial charge is 0.191 e. The zero-order chi connectivity index (χ0) is 16.4. The van der Waals surface area contributed by atoms with Gasteiger partial charge in [0.25, 0.3) is 0 Å². The van der Waals surface area contributed by atoms with Crippen LogP contribution in [0.3, 0.4) is 0 Å². The summed E-state index contributed by atoms with van der Waals surface area (Å²) in [7, 11) is 0. The van der Waals surface area contributed by atoms with E-state index in [4.69, 9.17) is 0 Å². The zero-order valence-corrected chi connectivity index (χ0v) is 17.9. The number of hydrogen-bond donors (Lipinski definition) is 3. The average Bonchev–Trinajstić information content (AvgIpc) is 2.87. The van der Waals surface area contributed by atoms with Gasteiger partial charge < -0.3 is 15.7 Å². The van der Waals surface area contributed by atoms with Gasteiger partial charge in [0.15, 0.2) is 5.96 Å². The molecule has 23 heavy (non-hydrogen) atoms. The van der Waals surface area contributed by atoms with Crippen LogP contribution in [0.25, 0.3) is 0 Å². The van der Waals surface area contributed by atoms with E-state index in [1.54, 1.807) is 11.3 Å². The van der Waals surface area contributed by atoms with Crippen LogP contribution in [0.4, 0.5) is 0 Å². The molecule has 1 aromatic heterocycles. The molecule has 0 spiro atoms. The van der Waals surface area contributed by atoms with Gasteiger partial charge in [-0.05, 0) is 50.7 Å². The number of aliphatic imine (C=N–C) groups is 1. The second kappa shape index (κ2) is 13.0. The predicted molar refractivity (Wildman–Crippen MR) is 112 cm³/mol. The van der Waals surface area contributed by atoms with Crippen LogP contribution < -0.4 is 10.6 Å². The molecule has 0 saturated heterocycles. The van der Waals surface area contributed by atoms with Crippen molar-refractivity contribution >= 4 is 41.3 Å². The molecule has 6 heteroatoms. The van der Waals surface area contributed by atoms with E-state index in [1.807, 2.05) is 0 Å². The molecule has 0 aliphatic carbocycles. The number of rotatable bonds is 9. The van der Waals surface area contributed by atoms with Crippen molar-refractivity contribution < 1.29 is 5.11 Å². The number of halogens is 1. The van der Waals surface area contributed by atoms with Crippen LogP contribution in [0.15, 0.2) is 17.1 Å². The second-order valence-electron chi connectivity index (χ2n) is 6.10. The third-order valence-electron chi connectivity index (χ3n) is 3.43. The molecule has 0 radical (unpaired) electrons. The minimum Gasteiger partial charge on any atom is -0.396 e. The van der Waals surface area contributed by atoms with Gasteiger partial charge in [-0.1, -0.05) is 13.8 Å². The molecule has 1 rings (SSSR count). The normalized spacial score (nSPS) is 12.9. The highest BCUT2D eigenvalue weighted by Crippen LogP contribution is 2.16. The second-order valence-corrected chi connectivity index (χ2v) is 7.47. The Morgan fingerprint density at radius 1 is 1.30 bits per heavy atom. The number of thiophene rings is 1. The average molecular weight is 453 g/mol. The van der Waals surface area contributed by atoms with E-state index in [9.17, 15) is 5.11 Å². The summed E-state index contributed by atoms with van der Waals surface area (Å²) in [6, 6.07) is 4.27. The Morgan fingerprint density at radius 2 is 2.04 bits per heavy atom. The van der Waals surface area contributed by atoms with Gasteiger partial charge in [0.05, 0.1) is 6.54 Å². The first-order chi connectivity index (χ1) is 10.5. The minimum atomic E-state index is 0. The molecule has 0 bridgehead atoms. The first-order valence-corrected chi connectivity index (χ1v) is 9.05. The Labute approximate surface area is 162 Å². The third kappa shape index (κ3) is 10.2.